The third-order valence-corrected chi connectivity index (χ3v) is 2.72. The van der Waals surface area contributed by atoms with E-state index in [0.717, 1.165) is 12.1 Å². The van der Waals surface area contributed by atoms with Crippen molar-refractivity contribution < 1.29 is 27.5 Å². The molecule has 0 aliphatic rings. The van der Waals surface area contributed by atoms with E-state index in [-0.39, 0.29) is 16.9 Å². The lowest BCUT2D eigenvalue weighted by Gasteiger charge is -2.10. The number of carbonyl (C=O) groups is 1. The molecule has 0 atom stereocenters. The van der Waals surface area contributed by atoms with Crippen LogP contribution >= 0.6 is 11.6 Å². The second kappa shape index (κ2) is 5.57. The maximum atomic E-state index is 13.5. The van der Waals surface area contributed by atoms with Gasteiger partial charge in [-0.3, -0.25) is 0 Å². The smallest absolute Gasteiger partial charge is 0.356 e. The van der Waals surface area contributed by atoms with Crippen molar-refractivity contribution in [3.63, 3.8) is 0 Å². The summed E-state index contributed by atoms with van der Waals surface area (Å²) in [6, 6.07) is 2.25. The maximum Gasteiger partial charge on any atom is 0.356 e. The summed E-state index contributed by atoms with van der Waals surface area (Å²) in [6.07, 6.45) is 0. The number of hydrogen-bond acceptors (Lipinski definition) is 3. The number of aromatic nitrogens is 1. The number of anilines is 2. The van der Waals surface area contributed by atoms with E-state index in [1.165, 1.54) is 0 Å². The van der Waals surface area contributed by atoms with Crippen molar-refractivity contribution in [2.24, 2.45) is 0 Å². The zero-order chi connectivity index (χ0) is 15.7. The monoisotopic (exact) mass is 320 g/mol. The summed E-state index contributed by atoms with van der Waals surface area (Å²) >= 11 is 5.57. The molecule has 0 bridgehead atoms. The lowest BCUT2D eigenvalue weighted by Crippen LogP contribution is -2.07. The Morgan fingerprint density at radius 2 is 1.71 bits per heavy atom. The highest BCUT2D eigenvalue weighted by molar-refractivity contribution is 6.33. The molecule has 2 aromatic rings. The van der Waals surface area contributed by atoms with Gasteiger partial charge in [-0.2, -0.15) is 0 Å². The van der Waals surface area contributed by atoms with Crippen molar-refractivity contribution in [2.75, 3.05) is 5.32 Å². The summed E-state index contributed by atoms with van der Waals surface area (Å²) in [5.41, 5.74) is -1.71. The van der Waals surface area contributed by atoms with Crippen molar-refractivity contribution >= 4 is 29.1 Å². The Balaban J connectivity index is 2.48. The second-order valence-corrected chi connectivity index (χ2v) is 4.21. The van der Waals surface area contributed by atoms with Crippen molar-refractivity contribution in [3.8, 4) is 0 Å². The maximum absolute atomic E-state index is 13.5. The molecule has 0 fully saturated rings. The van der Waals surface area contributed by atoms with Gasteiger partial charge in [0, 0.05) is 6.07 Å². The van der Waals surface area contributed by atoms with Gasteiger partial charge in [-0.15, -0.1) is 0 Å². The average Bonchev–Trinajstić information content (AvgIpc) is 2.43. The van der Waals surface area contributed by atoms with Gasteiger partial charge in [0.1, 0.15) is 11.5 Å². The number of nitrogens with zero attached hydrogens (tertiary/aromatic N) is 1. The number of carboxylic acids is 1. The Bertz CT molecular complexity index is 713. The fourth-order valence-corrected chi connectivity index (χ4v) is 1.66. The highest BCUT2D eigenvalue weighted by Crippen LogP contribution is 2.27. The standard InChI is InChI=1S/C12H5ClF4N2O2/c13-4-1-2-7(18-10(4)12(20)21)19-11-8(16)5(14)3-6(15)9(11)17/h1-3H,(H,18,19)(H,20,21). The van der Waals surface area contributed by atoms with E-state index >= 15 is 0 Å². The van der Waals surface area contributed by atoms with Crippen LogP contribution in [0.4, 0.5) is 29.1 Å². The van der Waals surface area contributed by atoms with Crippen molar-refractivity contribution in [1.29, 1.82) is 0 Å². The summed E-state index contributed by atoms with van der Waals surface area (Å²) in [5, 5.41) is 10.6. The van der Waals surface area contributed by atoms with Crippen LogP contribution in [0.2, 0.25) is 5.02 Å². The van der Waals surface area contributed by atoms with Gasteiger partial charge in [-0.05, 0) is 12.1 Å². The molecule has 0 aliphatic heterocycles. The number of halogens is 5. The largest absolute Gasteiger partial charge is 0.476 e. The molecule has 1 heterocycles. The van der Waals surface area contributed by atoms with Crippen LogP contribution in [0, 0.1) is 23.3 Å². The summed E-state index contributed by atoms with van der Waals surface area (Å²) in [5.74, 6) is -8.37. The number of hydrogen-bond donors (Lipinski definition) is 2. The molecular weight excluding hydrogens is 316 g/mol. The number of nitrogens with one attached hydrogen (secondary N) is 1. The molecule has 0 aliphatic carbocycles. The molecule has 4 nitrogen and oxygen atoms in total. The Hall–Kier alpha value is -2.35. The zero-order valence-electron chi connectivity index (χ0n) is 9.92. The summed E-state index contributed by atoms with van der Waals surface area (Å²) < 4.78 is 53.0. The Labute approximate surface area is 120 Å². The molecule has 9 heteroatoms. The van der Waals surface area contributed by atoms with Gasteiger partial charge in [-0.1, -0.05) is 11.6 Å². The van der Waals surface area contributed by atoms with Crippen LogP contribution in [0.5, 0.6) is 0 Å². The van der Waals surface area contributed by atoms with Crippen LogP contribution in [0.1, 0.15) is 10.5 Å². The molecule has 21 heavy (non-hydrogen) atoms. The van der Waals surface area contributed by atoms with Gasteiger partial charge < -0.3 is 10.4 Å². The van der Waals surface area contributed by atoms with E-state index in [1.807, 2.05) is 5.32 Å². The highest BCUT2D eigenvalue weighted by Gasteiger charge is 2.20. The minimum Gasteiger partial charge on any atom is -0.476 e. The molecule has 0 spiro atoms. The molecule has 1 aromatic heterocycles. The van der Waals surface area contributed by atoms with Gasteiger partial charge in [0.15, 0.2) is 29.0 Å². The van der Waals surface area contributed by atoms with E-state index in [9.17, 15) is 22.4 Å². The SMILES string of the molecule is O=C(O)c1nc(Nc2c(F)c(F)cc(F)c2F)ccc1Cl. The predicted molar refractivity (Wildman–Crippen MR) is 65.8 cm³/mol. The summed E-state index contributed by atoms with van der Waals surface area (Å²) in [7, 11) is 0. The van der Waals surface area contributed by atoms with E-state index < -0.39 is 40.6 Å². The molecular formula is C12H5ClF4N2O2. The first kappa shape index (κ1) is 15.0. The van der Waals surface area contributed by atoms with E-state index in [2.05, 4.69) is 4.98 Å². The van der Waals surface area contributed by atoms with Crippen molar-refractivity contribution in [1.82, 2.24) is 4.98 Å². The lowest BCUT2D eigenvalue weighted by atomic mass is 10.2. The number of aromatic carboxylic acids is 1. The topological polar surface area (TPSA) is 62.2 Å². The third-order valence-electron chi connectivity index (χ3n) is 2.41. The molecule has 0 unspecified atom stereocenters. The first-order valence-electron chi connectivity index (χ1n) is 5.31. The Kier molecular flexibility index (Phi) is 3.99. The normalized spacial score (nSPS) is 10.5. The molecule has 2 rings (SSSR count). The zero-order valence-corrected chi connectivity index (χ0v) is 10.7. The minimum absolute atomic E-state index is 0.0494. The second-order valence-electron chi connectivity index (χ2n) is 3.80. The molecule has 0 saturated carbocycles. The number of pyridine rings is 1. The molecule has 0 amide bonds. The first-order valence-corrected chi connectivity index (χ1v) is 5.69. The lowest BCUT2D eigenvalue weighted by molar-refractivity contribution is 0.0691. The molecule has 110 valence electrons. The van der Waals surface area contributed by atoms with Gasteiger partial charge >= 0.3 is 5.97 Å². The minimum atomic E-state index is -1.66. The van der Waals surface area contributed by atoms with E-state index in [4.69, 9.17) is 16.7 Å². The molecule has 0 radical (unpaired) electrons. The van der Waals surface area contributed by atoms with Gasteiger partial charge in [0.05, 0.1) is 5.02 Å². The molecule has 0 saturated heterocycles. The molecule has 1 aromatic carbocycles. The van der Waals surface area contributed by atoms with Gasteiger partial charge in [-0.25, -0.2) is 27.3 Å². The number of carboxylic acid groups (broad SMARTS) is 1. The van der Waals surface area contributed by atoms with Crippen LogP contribution in [-0.2, 0) is 0 Å². The van der Waals surface area contributed by atoms with Gasteiger partial charge in [0.2, 0.25) is 0 Å². The number of benzene rings is 1. The molecule has 2 N–H and O–H groups in total. The van der Waals surface area contributed by atoms with Crippen LogP contribution < -0.4 is 5.32 Å². The van der Waals surface area contributed by atoms with Crippen LogP contribution in [0.15, 0.2) is 18.2 Å². The highest BCUT2D eigenvalue weighted by atomic mass is 35.5. The van der Waals surface area contributed by atoms with E-state index in [1.54, 1.807) is 0 Å². The Morgan fingerprint density at radius 1 is 1.14 bits per heavy atom. The van der Waals surface area contributed by atoms with Crippen molar-refractivity contribution in [2.45, 2.75) is 0 Å². The average molecular weight is 321 g/mol. The van der Waals surface area contributed by atoms with Gasteiger partial charge in [0.25, 0.3) is 0 Å². The predicted octanol–water partition coefficient (Wildman–Crippen LogP) is 3.73. The first-order chi connectivity index (χ1) is 9.81. The Morgan fingerprint density at radius 3 is 2.24 bits per heavy atom. The van der Waals surface area contributed by atoms with Crippen LogP contribution in [0.3, 0.4) is 0 Å². The fourth-order valence-electron chi connectivity index (χ4n) is 1.47. The summed E-state index contributed by atoms with van der Waals surface area (Å²) in [4.78, 5) is 14.3. The third kappa shape index (κ3) is 2.89. The fraction of sp³-hybridized carbons (Fsp3) is 0. The van der Waals surface area contributed by atoms with E-state index in [0.29, 0.717) is 0 Å². The number of rotatable bonds is 3. The van der Waals surface area contributed by atoms with Crippen LogP contribution in [-0.4, -0.2) is 16.1 Å². The van der Waals surface area contributed by atoms with Crippen LogP contribution in [0.25, 0.3) is 0 Å². The van der Waals surface area contributed by atoms with Crippen molar-refractivity contribution in [3.05, 3.63) is 52.2 Å². The summed E-state index contributed by atoms with van der Waals surface area (Å²) in [6.45, 7) is 0. The quantitative estimate of drug-likeness (QED) is 0.668.